The Labute approximate surface area is 742 Å². The first-order valence-corrected chi connectivity index (χ1v) is 38.9. The molecule has 0 saturated heterocycles. The Morgan fingerprint density at radius 1 is 0.274 bits per heavy atom. The van der Waals surface area contributed by atoms with Gasteiger partial charge in [-0.3, -0.25) is 60.0 Å². The summed E-state index contributed by atoms with van der Waals surface area (Å²) in [5, 5.41) is 55.4. The molecule has 0 bridgehead atoms. The molecule has 8 aromatic carbocycles. The smallest absolute Gasteiger partial charge is 0.258 e. The fourth-order valence-corrected chi connectivity index (χ4v) is 11.5. The van der Waals surface area contributed by atoms with E-state index in [9.17, 15) is 38.4 Å². The lowest BCUT2D eigenvalue weighted by Crippen LogP contribution is -2.22. The molecule has 0 aliphatic carbocycles. The van der Waals surface area contributed by atoms with E-state index in [-0.39, 0.29) is 44.4 Å². The van der Waals surface area contributed by atoms with E-state index in [0.29, 0.717) is 151 Å². The van der Waals surface area contributed by atoms with E-state index in [1.807, 2.05) is 26.0 Å². The molecule has 4 heterocycles. The van der Waals surface area contributed by atoms with Gasteiger partial charge in [-0.05, 0) is 175 Å². The summed E-state index contributed by atoms with van der Waals surface area (Å²) >= 11 is 20.8. The van der Waals surface area contributed by atoms with Gasteiger partial charge in [0.05, 0.1) is 60.1 Å². The molecule has 0 aliphatic heterocycles. The van der Waals surface area contributed by atoms with Gasteiger partial charge in [0, 0.05) is 130 Å². The highest BCUT2D eigenvalue weighted by Gasteiger charge is 2.22. The fraction of sp³-hybridized carbons (Fsp3) is 0.130. The van der Waals surface area contributed by atoms with Crippen LogP contribution in [-0.4, -0.2) is 167 Å². The van der Waals surface area contributed by atoms with Gasteiger partial charge in [0.15, 0.2) is 0 Å². The molecule has 0 unspecified atom stereocenters. The molecule has 12 aromatic rings. The zero-order valence-electron chi connectivity index (χ0n) is 67.6. The maximum atomic E-state index is 12.8. The highest BCUT2D eigenvalue weighted by Crippen LogP contribution is 2.27. The van der Waals surface area contributed by atoms with Crippen molar-refractivity contribution >= 4 is 167 Å². The molecule has 636 valence electrons. The third-order valence-corrected chi connectivity index (χ3v) is 18.7. The van der Waals surface area contributed by atoms with Crippen LogP contribution in [0.3, 0.4) is 0 Å². The predicted molar refractivity (Wildman–Crippen MR) is 500 cm³/mol. The molecule has 0 aliphatic rings. The van der Waals surface area contributed by atoms with Crippen LogP contribution in [0.5, 0.6) is 0 Å². The van der Waals surface area contributed by atoms with E-state index in [2.05, 4.69) is 78.4 Å². The average Bonchev–Trinajstić information content (AvgIpc) is 0.844. The number of halogens is 4. The molecule has 12 N–H and O–H groups in total. The highest BCUT2D eigenvalue weighted by molar-refractivity contribution is 9.10. The Hall–Kier alpha value is -14.7. The number of anilines is 8. The van der Waals surface area contributed by atoms with Crippen LogP contribution in [0.2, 0.25) is 15.1 Å². The lowest BCUT2D eigenvalue weighted by atomic mass is 10.1. The first kappa shape index (κ1) is 96.5. The normalized spacial score (nSPS) is 10.1. The number of amidine groups is 4. The molecule has 0 radical (unpaired) electrons. The maximum absolute atomic E-state index is 12.8. The summed E-state index contributed by atoms with van der Waals surface area (Å²) in [6, 6.07) is 63.9. The van der Waals surface area contributed by atoms with Gasteiger partial charge >= 0.3 is 0 Å². The van der Waals surface area contributed by atoms with Crippen molar-refractivity contribution in [3.05, 3.63) is 353 Å². The number of carbonyl (C=O) groups is 8. The Morgan fingerprint density at radius 2 is 0.500 bits per heavy atom. The molecular formula is C92H92BrCl3N20O8. The number of nitrogens with one attached hydrogen (secondary N) is 12. The van der Waals surface area contributed by atoms with Crippen molar-refractivity contribution in [3.63, 3.8) is 0 Å². The summed E-state index contributed by atoms with van der Waals surface area (Å²) in [6.45, 7) is 3.72. The van der Waals surface area contributed by atoms with Gasteiger partial charge in [0.2, 0.25) is 0 Å². The number of nitrogens with zero attached hydrogens (tertiary/aromatic N) is 8. The van der Waals surface area contributed by atoms with Crippen LogP contribution in [0, 0.1) is 35.5 Å². The minimum absolute atomic E-state index is 0. The van der Waals surface area contributed by atoms with Crippen LogP contribution < -0.4 is 42.5 Å². The van der Waals surface area contributed by atoms with Gasteiger partial charge in [-0.1, -0.05) is 146 Å². The molecule has 124 heavy (non-hydrogen) atoms. The molecular weight excluding hydrogens is 1700 g/mol. The summed E-state index contributed by atoms with van der Waals surface area (Å²) < 4.78 is 0.805. The van der Waals surface area contributed by atoms with E-state index < -0.39 is 17.7 Å². The Morgan fingerprint density at radius 3 is 0.734 bits per heavy atom. The SMILES string of the molecule is C.C.CN(C)C(=N)c1ccc(C(=O)Nc2ccccc2C(=O)Nc2ccc(Br)cn2)cc1.CN(C)C(=N)c1ccc(C(=O)Nc2ccccc2C(=O)Nc2ccc(Cl)cn2)cc1.Cc1ccc(NC(=O)c2ccc(C(=N)N(C)C)cc2)c(C(=O)Nc2ccc(Cl)cn2)c1.Cc1ccc(NC(=O)c2ccc(C(=N)N(C)C)cc2)c(C(=O)Nc2ccc(Cl)cn2)c1. The molecule has 4 aromatic heterocycles. The van der Waals surface area contributed by atoms with Gasteiger partial charge in [0.1, 0.15) is 46.6 Å². The van der Waals surface area contributed by atoms with Crippen molar-refractivity contribution < 1.29 is 38.4 Å². The lowest BCUT2D eigenvalue weighted by Gasteiger charge is -2.14. The van der Waals surface area contributed by atoms with E-state index in [1.165, 1.54) is 18.6 Å². The lowest BCUT2D eigenvalue weighted by molar-refractivity contribution is 0.101. The number of aromatic nitrogens is 4. The molecule has 0 spiro atoms. The summed E-state index contributed by atoms with van der Waals surface area (Å²) in [4.78, 5) is 125. The fourth-order valence-electron chi connectivity index (χ4n) is 11.0. The molecule has 0 fully saturated rings. The molecule has 12 rings (SSSR count). The number of carbonyl (C=O) groups excluding carboxylic acids is 8. The topological polar surface area (TPSA) is 393 Å². The van der Waals surface area contributed by atoms with Crippen molar-refractivity contribution in [2.24, 2.45) is 0 Å². The number of para-hydroxylation sites is 2. The van der Waals surface area contributed by atoms with E-state index >= 15 is 0 Å². The molecule has 28 nitrogen and oxygen atoms in total. The second kappa shape index (κ2) is 45.7. The van der Waals surface area contributed by atoms with Gasteiger partial charge < -0.3 is 62.1 Å². The second-order valence-corrected chi connectivity index (χ2v) is 29.8. The van der Waals surface area contributed by atoms with E-state index in [0.717, 1.165) is 15.6 Å². The molecule has 0 atom stereocenters. The molecule has 0 saturated carbocycles. The first-order chi connectivity index (χ1) is 58.2. The quantitative estimate of drug-likeness (QED) is 0.0249. The number of aryl methyl sites for hydroxylation is 2. The van der Waals surface area contributed by atoms with Crippen molar-refractivity contribution in [2.45, 2.75) is 28.7 Å². The van der Waals surface area contributed by atoms with Crippen LogP contribution in [0.15, 0.2) is 260 Å². The van der Waals surface area contributed by atoms with Crippen molar-refractivity contribution in [1.29, 1.82) is 21.6 Å². The first-order valence-electron chi connectivity index (χ1n) is 37.0. The summed E-state index contributed by atoms with van der Waals surface area (Å²) in [7, 11) is 14.3. The number of hydrogen-bond donors (Lipinski definition) is 12. The molecule has 32 heteroatoms. The minimum Gasteiger partial charge on any atom is -0.363 e. The van der Waals surface area contributed by atoms with Crippen LogP contribution in [0.4, 0.5) is 46.0 Å². The largest absolute Gasteiger partial charge is 0.363 e. The third-order valence-electron chi connectivity index (χ3n) is 17.5. The monoisotopic (exact) mass is 1790 g/mol. The number of hydrogen-bond acceptors (Lipinski definition) is 16. The standard InChI is InChI=1S/2C23H22ClN5O2.C22H20BrN5O2.C22H20ClN5O2.2CH4/c2*1-14-4-10-19(18(12-14)23(31)28-20-11-9-17(24)13-26-20)27-22(30)16-7-5-15(6-8-16)21(25)29(2)3;2*1-28(2)20(24)14-7-9-15(10-8-14)21(29)26-18-6-4-3-5-17(18)22(30)27-19-12-11-16(23)13-25-19;;/h2*4-13,25H,1-3H3,(H,27,30)(H,26,28,31);2*3-13,24H,1-2H3,(H,26,29)(H,25,27,30);2*1H4. The second-order valence-electron chi connectivity index (χ2n) is 27.6. The number of amides is 8. The van der Waals surface area contributed by atoms with Gasteiger partial charge in [-0.15, -0.1) is 0 Å². The highest BCUT2D eigenvalue weighted by atomic mass is 79.9. The Bertz CT molecular complexity index is 5490. The average molecular weight is 1790 g/mol. The number of rotatable bonds is 20. The van der Waals surface area contributed by atoms with Crippen molar-refractivity contribution in [2.75, 3.05) is 98.9 Å². The van der Waals surface area contributed by atoms with Gasteiger partial charge in [-0.2, -0.15) is 0 Å². The van der Waals surface area contributed by atoms with Crippen LogP contribution in [0.1, 0.15) is 131 Å². The van der Waals surface area contributed by atoms with Crippen molar-refractivity contribution in [1.82, 2.24) is 39.5 Å². The van der Waals surface area contributed by atoms with E-state index in [1.54, 1.807) is 301 Å². The zero-order chi connectivity index (χ0) is 88.4. The summed E-state index contributed by atoms with van der Waals surface area (Å²) in [5.41, 5.74) is 9.02. The van der Waals surface area contributed by atoms with E-state index in [4.69, 9.17) is 56.4 Å². The van der Waals surface area contributed by atoms with Crippen LogP contribution >= 0.6 is 50.7 Å². The predicted octanol–water partition coefficient (Wildman–Crippen LogP) is 18.5. The van der Waals surface area contributed by atoms with Gasteiger partial charge in [-0.25, -0.2) is 19.9 Å². The Balaban J connectivity index is 0.000000226. The number of pyridine rings is 4. The summed E-state index contributed by atoms with van der Waals surface area (Å²) in [6.07, 6.45) is 5.90. The van der Waals surface area contributed by atoms with Crippen LogP contribution in [-0.2, 0) is 0 Å². The number of benzene rings is 8. The van der Waals surface area contributed by atoms with Crippen molar-refractivity contribution in [3.8, 4) is 0 Å². The third kappa shape index (κ3) is 27.7. The maximum Gasteiger partial charge on any atom is 0.258 e. The van der Waals surface area contributed by atoms with Crippen LogP contribution in [0.25, 0.3) is 0 Å². The van der Waals surface area contributed by atoms with Gasteiger partial charge in [0.25, 0.3) is 47.3 Å². The zero-order valence-corrected chi connectivity index (χ0v) is 71.5. The Kier molecular flexibility index (Phi) is 35.5. The minimum atomic E-state index is -0.407. The summed E-state index contributed by atoms with van der Waals surface area (Å²) in [5.74, 6) is -0.144. The molecule has 8 amide bonds.